The number of hydrogen-bond acceptors (Lipinski definition) is 2. The maximum Gasteiger partial charge on any atom is 0.244 e. The van der Waals surface area contributed by atoms with Gasteiger partial charge in [-0.3, -0.25) is 4.79 Å². The molecule has 5 heteroatoms. The molecule has 29 heavy (non-hydrogen) atoms. The Kier molecular flexibility index (Phi) is 4.43. The number of aryl methyl sites for hydroxylation is 2. The van der Waals surface area contributed by atoms with Crippen molar-refractivity contribution < 1.29 is 4.79 Å². The zero-order valence-corrected chi connectivity index (χ0v) is 16.6. The lowest BCUT2D eigenvalue weighted by atomic mass is 10.1. The van der Waals surface area contributed by atoms with E-state index in [1.54, 1.807) is 0 Å². The van der Waals surface area contributed by atoms with Gasteiger partial charge in [0, 0.05) is 40.9 Å². The molecule has 0 unspecified atom stereocenters. The minimum Gasteiger partial charge on any atom is -0.335 e. The number of carbonyl (C=O) groups is 1. The first-order valence-electron chi connectivity index (χ1n) is 10.2. The lowest BCUT2D eigenvalue weighted by Crippen LogP contribution is -2.19. The van der Waals surface area contributed by atoms with Gasteiger partial charge in [0.25, 0.3) is 0 Å². The molecule has 0 atom stereocenters. The van der Waals surface area contributed by atoms with Crippen LogP contribution in [-0.4, -0.2) is 20.0 Å². The molecule has 146 valence electrons. The van der Waals surface area contributed by atoms with E-state index in [2.05, 4.69) is 37.6 Å². The van der Waals surface area contributed by atoms with Gasteiger partial charge in [0.1, 0.15) is 12.4 Å². The number of fused-ring (bicyclic) bond motifs is 2. The van der Waals surface area contributed by atoms with E-state index in [4.69, 9.17) is 0 Å². The molecule has 5 rings (SSSR count). The van der Waals surface area contributed by atoms with Crippen molar-refractivity contribution in [3.05, 3.63) is 72.2 Å². The highest BCUT2D eigenvalue weighted by Crippen LogP contribution is 2.26. The molecule has 1 aliphatic rings. The van der Waals surface area contributed by atoms with Crippen molar-refractivity contribution in [1.82, 2.24) is 14.1 Å². The van der Waals surface area contributed by atoms with E-state index in [1.165, 1.54) is 18.5 Å². The summed E-state index contributed by atoms with van der Waals surface area (Å²) >= 11 is 0. The Hall–Kier alpha value is -3.34. The molecule has 2 aromatic heterocycles. The van der Waals surface area contributed by atoms with Crippen LogP contribution in [0.5, 0.6) is 0 Å². The number of nitrogens with one attached hydrogen (secondary N) is 1. The zero-order valence-electron chi connectivity index (χ0n) is 16.6. The summed E-state index contributed by atoms with van der Waals surface area (Å²) in [5.41, 5.74) is 5.37. The fourth-order valence-electron chi connectivity index (χ4n) is 4.27. The number of rotatable bonds is 4. The van der Waals surface area contributed by atoms with Crippen molar-refractivity contribution >= 4 is 22.5 Å². The van der Waals surface area contributed by atoms with Gasteiger partial charge in [0.05, 0.1) is 0 Å². The quantitative estimate of drug-likeness (QED) is 0.550. The second kappa shape index (κ2) is 7.24. The third-order valence-electron chi connectivity index (χ3n) is 5.75. The molecular weight excluding hydrogens is 360 g/mol. The number of hydrogen-bond donors (Lipinski definition) is 1. The number of benzene rings is 2. The summed E-state index contributed by atoms with van der Waals surface area (Å²) in [6, 6.07) is 18.2. The van der Waals surface area contributed by atoms with Crippen molar-refractivity contribution in [3.63, 3.8) is 0 Å². The van der Waals surface area contributed by atoms with Crippen molar-refractivity contribution in [3.8, 4) is 11.4 Å². The Morgan fingerprint density at radius 1 is 1.10 bits per heavy atom. The smallest absolute Gasteiger partial charge is 0.244 e. The molecule has 2 aromatic carbocycles. The second-order valence-electron chi connectivity index (χ2n) is 7.74. The molecule has 0 radical (unpaired) electrons. The van der Waals surface area contributed by atoms with Crippen LogP contribution < -0.4 is 5.32 Å². The molecule has 1 aliphatic heterocycles. The molecule has 3 heterocycles. The second-order valence-corrected chi connectivity index (χ2v) is 7.74. The first kappa shape index (κ1) is 17.7. The summed E-state index contributed by atoms with van der Waals surface area (Å²) in [6.45, 7) is 3.37. The summed E-state index contributed by atoms with van der Waals surface area (Å²) < 4.78 is 4.37. The number of carbonyl (C=O) groups excluding carboxylic acids is 1. The minimum absolute atomic E-state index is 0.0274. The topological polar surface area (TPSA) is 51.9 Å². The van der Waals surface area contributed by atoms with Crippen molar-refractivity contribution in [2.75, 3.05) is 5.32 Å². The van der Waals surface area contributed by atoms with Gasteiger partial charge in [0.2, 0.25) is 5.91 Å². The van der Waals surface area contributed by atoms with Gasteiger partial charge in [-0.2, -0.15) is 0 Å². The number of para-hydroxylation sites is 1. The van der Waals surface area contributed by atoms with E-state index in [-0.39, 0.29) is 5.91 Å². The number of amides is 1. The third-order valence-corrected chi connectivity index (χ3v) is 5.75. The van der Waals surface area contributed by atoms with E-state index in [0.29, 0.717) is 6.54 Å². The highest BCUT2D eigenvalue weighted by Gasteiger charge is 2.15. The number of imidazole rings is 1. The van der Waals surface area contributed by atoms with Crippen molar-refractivity contribution in [2.45, 2.75) is 39.3 Å². The molecule has 0 fully saturated rings. The van der Waals surface area contributed by atoms with Crippen LogP contribution in [0.3, 0.4) is 0 Å². The van der Waals surface area contributed by atoms with Crippen LogP contribution in [0.1, 0.15) is 24.2 Å². The molecule has 5 nitrogen and oxygen atoms in total. The zero-order chi connectivity index (χ0) is 19.8. The van der Waals surface area contributed by atoms with Crippen LogP contribution in [0.15, 0.2) is 60.8 Å². The molecule has 0 saturated carbocycles. The van der Waals surface area contributed by atoms with E-state index < -0.39 is 0 Å². The standard InChI is InChI=1S/C24H24N4O/c1-17-14-19-6-2-3-8-22(19)28(17)16-23(29)26-20-11-9-18(10-12-20)24-25-15-21-7-4-5-13-27(21)24/h2-3,6,8-12,14-15H,4-5,7,13,16H2,1H3,(H,26,29). The first-order valence-corrected chi connectivity index (χ1v) is 10.2. The van der Waals surface area contributed by atoms with Crippen LogP contribution in [0, 0.1) is 6.92 Å². The summed E-state index contributed by atoms with van der Waals surface area (Å²) in [7, 11) is 0. The SMILES string of the molecule is Cc1cc2ccccc2n1CC(=O)Nc1ccc(-c2ncc3n2CCCC3)cc1. The van der Waals surface area contributed by atoms with E-state index in [9.17, 15) is 4.79 Å². The average molecular weight is 384 g/mol. The van der Waals surface area contributed by atoms with Gasteiger partial charge in [-0.1, -0.05) is 18.2 Å². The number of nitrogens with zero attached hydrogens (tertiary/aromatic N) is 3. The Bertz CT molecular complexity index is 1180. The van der Waals surface area contributed by atoms with E-state index in [1.807, 2.05) is 49.5 Å². The summed E-state index contributed by atoms with van der Waals surface area (Å²) in [6.07, 6.45) is 5.55. The molecular formula is C24H24N4O. The summed E-state index contributed by atoms with van der Waals surface area (Å²) in [5.74, 6) is 0.993. The van der Waals surface area contributed by atoms with Crippen LogP contribution in [-0.2, 0) is 24.3 Å². The average Bonchev–Trinajstić information content (AvgIpc) is 3.30. The molecule has 4 aromatic rings. The molecule has 0 saturated heterocycles. The van der Waals surface area contributed by atoms with Crippen molar-refractivity contribution in [1.29, 1.82) is 0 Å². The normalized spacial score (nSPS) is 13.4. The van der Waals surface area contributed by atoms with Gasteiger partial charge in [0.15, 0.2) is 0 Å². The van der Waals surface area contributed by atoms with Crippen molar-refractivity contribution in [2.24, 2.45) is 0 Å². The third kappa shape index (κ3) is 3.33. The molecule has 1 N–H and O–H groups in total. The first-order chi connectivity index (χ1) is 14.2. The lowest BCUT2D eigenvalue weighted by Gasteiger charge is -2.16. The van der Waals surface area contributed by atoms with E-state index in [0.717, 1.165) is 46.6 Å². The maximum atomic E-state index is 12.6. The number of anilines is 1. The molecule has 1 amide bonds. The Morgan fingerprint density at radius 3 is 2.79 bits per heavy atom. The fourth-order valence-corrected chi connectivity index (χ4v) is 4.27. The predicted molar refractivity (Wildman–Crippen MR) is 116 cm³/mol. The monoisotopic (exact) mass is 384 g/mol. The van der Waals surface area contributed by atoms with E-state index >= 15 is 0 Å². The minimum atomic E-state index is -0.0274. The van der Waals surface area contributed by atoms with Crippen LogP contribution in [0.25, 0.3) is 22.3 Å². The van der Waals surface area contributed by atoms with Crippen LogP contribution in [0.4, 0.5) is 5.69 Å². The summed E-state index contributed by atoms with van der Waals surface area (Å²) in [5, 5.41) is 4.18. The van der Waals surface area contributed by atoms with Gasteiger partial charge in [-0.25, -0.2) is 4.98 Å². The molecule has 0 spiro atoms. The highest BCUT2D eigenvalue weighted by atomic mass is 16.1. The Balaban J connectivity index is 1.31. The predicted octanol–water partition coefficient (Wildman–Crippen LogP) is 4.79. The van der Waals surface area contributed by atoms with Crippen LogP contribution >= 0.6 is 0 Å². The maximum absolute atomic E-state index is 12.6. The van der Waals surface area contributed by atoms with Crippen LogP contribution in [0.2, 0.25) is 0 Å². The lowest BCUT2D eigenvalue weighted by molar-refractivity contribution is -0.116. The van der Waals surface area contributed by atoms with Gasteiger partial charge >= 0.3 is 0 Å². The summed E-state index contributed by atoms with van der Waals surface area (Å²) in [4.78, 5) is 17.3. The van der Waals surface area contributed by atoms with Gasteiger partial charge < -0.3 is 14.5 Å². The molecule has 0 aliphatic carbocycles. The largest absolute Gasteiger partial charge is 0.335 e. The highest BCUT2D eigenvalue weighted by molar-refractivity contribution is 5.92. The molecule has 0 bridgehead atoms. The Morgan fingerprint density at radius 2 is 1.93 bits per heavy atom. The fraction of sp³-hybridized carbons (Fsp3) is 0.250. The Labute approximate surface area is 170 Å². The van der Waals surface area contributed by atoms with Gasteiger partial charge in [-0.05, 0) is 68.0 Å². The van der Waals surface area contributed by atoms with Gasteiger partial charge in [-0.15, -0.1) is 0 Å². The number of aromatic nitrogens is 3.